The summed E-state index contributed by atoms with van der Waals surface area (Å²) in [5, 5.41) is 16.3. The van der Waals surface area contributed by atoms with Gasteiger partial charge in [-0.1, -0.05) is 0 Å². The monoisotopic (exact) mass is 490 g/mol. The van der Waals surface area contributed by atoms with Gasteiger partial charge in [0, 0.05) is 6.54 Å². The van der Waals surface area contributed by atoms with Crippen molar-refractivity contribution in [3.8, 4) is 0 Å². The Kier molecular flexibility index (Phi) is 14.2. The van der Waals surface area contributed by atoms with E-state index in [1.807, 2.05) is 6.26 Å². The normalized spacial score (nSPS) is 14.2. The number of aliphatic carboxylic acids is 1. The quantitative estimate of drug-likeness (QED) is 0.0602. The van der Waals surface area contributed by atoms with Crippen LogP contribution in [0.15, 0.2) is 4.99 Å². The van der Waals surface area contributed by atoms with Crippen LogP contribution in [0.2, 0.25) is 0 Å². The second-order valence-corrected chi connectivity index (χ2v) is 8.18. The molecule has 0 fully saturated rings. The van der Waals surface area contributed by atoms with Crippen LogP contribution in [0, 0.1) is 0 Å². The molecular weight excluding hydrogens is 456 g/mol. The van der Waals surface area contributed by atoms with Crippen molar-refractivity contribution in [1.82, 2.24) is 16.0 Å². The molecule has 0 aliphatic heterocycles. The molecule has 14 nitrogen and oxygen atoms in total. The lowest BCUT2D eigenvalue weighted by molar-refractivity contribution is -0.143. The van der Waals surface area contributed by atoms with Crippen LogP contribution in [-0.2, 0) is 24.0 Å². The molecule has 4 amide bonds. The number of nitrogens with zero attached hydrogens (tertiary/aromatic N) is 1. The van der Waals surface area contributed by atoms with Crippen molar-refractivity contribution >= 4 is 47.3 Å². The Balaban J connectivity index is 5.22. The molecule has 0 heterocycles. The molecule has 0 saturated carbocycles. The summed E-state index contributed by atoms with van der Waals surface area (Å²) in [6.07, 6.45) is 1.98. The van der Waals surface area contributed by atoms with Gasteiger partial charge in [-0.15, -0.1) is 0 Å². The van der Waals surface area contributed by atoms with Gasteiger partial charge in [-0.25, -0.2) is 4.79 Å². The molecule has 0 spiro atoms. The summed E-state index contributed by atoms with van der Waals surface area (Å²) in [6.45, 7) is 1.57. The number of hydrogen-bond donors (Lipinski definition) is 8. The van der Waals surface area contributed by atoms with E-state index < -0.39 is 60.2 Å². The van der Waals surface area contributed by atoms with E-state index in [0.29, 0.717) is 12.2 Å². The van der Waals surface area contributed by atoms with Crippen molar-refractivity contribution in [1.29, 1.82) is 0 Å². The summed E-state index contributed by atoms with van der Waals surface area (Å²) >= 11 is 1.53. The molecule has 0 aromatic heterocycles. The first kappa shape index (κ1) is 29.9. The minimum Gasteiger partial charge on any atom is -0.480 e. The number of nitrogens with one attached hydrogen (secondary N) is 3. The van der Waals surface area contributed by atoms with E-state index in [9.17, 15) is 29.1 Å². The number of carboxylic acids is 1. The zero-order chi connectivity index (χ0) is 25.6. The van der Waals surface area contributed by atoms with Crippen LogP contribution >= 0.6 is 11.8 Å². The number of carbonyl (C=O) groups excluding carboxylic acids is 4. The second kappa shape index (κ2) is 15.7. The number of primary amides is 1. The summed E-state index contributed by atoms with van der Waals surface area (Å²) in [6, 6.07) is -4.58. The van der Waals surface area contributed by atoms with Gasteiger partial charge in [-0.05, 0) is 38.2 Å². The lowest BCUT2D eigenvalue weighted by atomic mass is 10.1. The number of hydrogen-bond acceptors (Lipinski definition) is 8. The third kappa shape index (κ3) is 13.2. The van der Waals surface area contributed by atoms with E-state index in [2.05, 4.69) is 20.9 Å². The van der Waals surface area contributed by atoms with E-state index in [-0.39, 0.29) is 25.3 Å². The lowest BCUT2D eigenvalue weighted by Crippen LogP contribution is -2.56. The highest BCUT2D eigenvalue weighted by molar-refractivity contribution is 7.98. The summed E-state index contributed by atoms with van der Waals surface area (Å²) in [7, 11) is 0. The van der Waals surface area contributed by atoms with Gasteiger partial charge in [0.1, 0.15) is 18.1 Å². The van der Waals surface area contributed by atoms with E-state index in [1.165, 1.54) is 18.7 Å². The van der Waals surface area contributed by atoms with Crippen molar-refractivity contribution in [3.05, 3.63) is 0 Å². The fourth-order valence-electron chi connectivity index (χ4n) is 2.50. The van der Waals surface area contributed by atoms with Crippen LogP contribution in [0.4, 0.5) is 0 Å². The summed E-state index contributed by atoms with van der Waals surface area (Å²) in [5.41, 5.74) is 21.3. The first-order valence-corrected chi connectivity index (χ1v) is 11.5. The average molecular weight is 491 g/mol. The largest absolute Gasteiger partial charge is 0.480 e. The summed E-state index contributed by atoms with van der Waals surface area (Å²) in [4.78, 5) is 63.5. The van der Waals surface area contributed by atoms with Crippen LogP contribution in [-0.4, -0.2) is 83.4 Å². The maximum Gasteiger partial charge on any atom is 0.326 e. The molecular formula is C18H34N8O6S. The smallest absolute Gasteiger partial charge is 0.326 e. The van der Waals surface area contributed by atoms with E-state index >= 15 is 0 Å². The highest BCUT2D eigenvalue weighted by Gasteiger charge is 2.29. The predicted octanol–water partition coefficient (Wildman–Crippen LogP) is -3.45. The molecule has 0 bridgehead atoms. The zero-order valence-corrected chi connectivity index (χ0v) is 19.5. The Labute approximate surface area is 196 Å². The van der Waals surface area contributed by atoms with Gasteiger partial charge in [0.15, 0.2) is 5.96 Å². The van der Waals surface area contributed by atoms with Gasteiger partial charge in [-0.3, -0.25) is 24.2 Å². The molecule has 0 aliphatic carbocycles. The fourth-order valence-corrected chi connectivity index (χ4v) is 2.99. The molecule has 4 atom stereocenters. The molecule has 4 unspecified atom stereocenters. The Bertz CT molecular complexity index is 731. The van der Waals surface area contributed by atoms with Crippen LogP contribution in [0.1, 0.15) is 32.6 Å². The summed E-state index contributed by atoms with van der Waals surface area (Å²) < 4.78 is 0. The van der Waals surface area contributed by atoms with Crippen molar-refractivity contribution in [2.24, 2.45) is 27.9 Å². The topological polar surface area (TPSA) is 258 Å². The van der Waals surface area contributed by atoms with Crippen LogP contribution in [0.3, 0.4) is 0 Å². The van der Waals surface area contributed by atoms with Gasteiger partial charge in [0.25, 0.3) is 0 Å². The fraction of sp³-hybridized carbons (Fsp3) is 0.667. The third-order valence-corrected chi connectivity index (χ3v) is 4.96. The van der Waals surface area contributed by atoms with Crippen molar-refractivity contribution in [3.63, 3.8) is 0 Å². The molecule has 0 radical (unpaired) electrons. The first-order valence-electron chi connectivity index (χ1n) is 10.1. The maximum atomic E-state index is 12.6. The Hall–Kier alpha value is -3.07. The average Bonchev–Trinajstić information content (AvgIpc) is 2.72. The number of thioether (sulfide) groups is 1. The standard InChI is InChI=1S/C18H34N8O6S/c1-9(24-15(29)10(19)5-7-33-2)14(28)25-11(4-3-6-23-18(21)22)16(30)26-12(17(31)32)8-13(20)27/h9-12H,3-8,19H2,1-2H3,(H2,20,27)(H,24,29)(H,25,28)(H,26,30)(H,31,32)(H4,21,22,23). The van der Waals surface area contributed by atoms with Gasteiger partial charge in [0.05, 0.1) is 12.5 Å². The van der Waals surface area contributed by atoms with E-state index in [0.717, 1.165) is 0 Å². The number of carboxylic acid groups (broad SMARTS) is 1. The van der Waals surface area contributed by atoms with Crippen molar-refractivity contribution < 1.29 is 29.1 Å². The number of aliphatic imine (C=N–C) groups is 1. The molecule has 0 aliphatic rings. The number of amides is 4. The Morgan fingerprint density at radius 2 is 1.55 bits per heavy atom. The van der Waals surface area contributed by atoms with Gasteiger partial charge in [-0.2, -0.15) is 11.8 Å². The highest BCUT2D eigenvalue weighted by atomic mass is 32.2. The molecule has 0 saturated heterocycles. The van der Waals surface area contributed by atoms with E-state index in [4.69, 9.17) is 22.9 Å². The molecule has 0 aromatic rings. The van der Waals surface area contributed by atoms with Crippen LogP contribution in [0.5, 0.6) is 0 Å². The van der Waals surface area contributed by atoms with Gasteiger partial charge < -0.3 is 44.0 Å². The van der Waals surface area contributed by atoms with Crippen molar-refractivity contribution in [2.45, 2.75) is 56.8 Å². The number of nitrogens with two attached hydrogens (primary N) is 4. The summed E-state index contributed by atoms with van der Waals surface area (Å²) in [5.74, 6) is -3.93. The zero-order valence-electron chi connectivity index (χ0n) is 18.7. The van der Waals surface area contributed by atoms with Crippen LogP contribution < -0.4 is 38.9 Å². The van der Waals surface area contributed by atoms with Crippen molar-refractivity contribution in [2.75, 3.05) is 18.6 Å². The SMILES string of the molecule is CSCCC(N)C(=O)NC(C)C(=O)NC(CCCN=C(N)N)C(=O)NC(CC(N)=O)C(=O)O. The molecule has 33 heavy (non-hydrogen) atoms. The van der Waals surface area contributed by atoms with E-state index in [1.54, 1.807) is 0 Å². The van der Waals surface area contributed by atoms with Gasteiger partial charge in [0.2, 0.25) is 23.6 Å². The molecule has 0 rings (SSSR count). The Morgan fingerprint density at radius 3 is 2.06 bits per heavy atom. The number of guanidine groups is 1. The van der Waals surface area contributed by atoms with Crippen LogP contribution in [0.25, 0.3) is 0 Å². The highest BCUT2D eigenvalue weighted by Crippen LogP contribution is 2.03. The predicted molar refractivity (Wildman–Crippen MR) is 124 cm³/mol. The van der Waals surface area contributed by atoms with Gasteiger partial charge >= 0.3 is 5.97 Å². The first-order chi connectivity index (χ1) is 15.4. The maximum absolute atomic E-state index is 12.6. The molecule has 188 valence electrons. The second-order valence-electron chi connectivity index (χ2n) is 7.20. The molecule has 0 aromatic carbocycles. The lowest BCUT2D eigenvalue weighted by Gasteiger charge is -2.23. The number of rotatable bonds is 16. The minimum absolute atomic E-state index is 0.0468. The minimum atomic E-state index is -1.57. The molecule has 12 N–H and O–H groups in total. The Morgan fingerprint density at radius 1 is 0.939 bits per heavy atom. The third-order valence-electron chi connectivity index (χ3n) is 4.32. The number of carbonyl (C=O) groups is 5. The molecule has 15 heteroatoms.